The second-order valence-corrected chi connectivity index (χ2v) is 6.21. The number of ether oxygens (including phenoxy) is 1. The molecule has 1 atom stereocenters. The number of rotatable bonds is 3. The summed E-state index contributed by atoms with van der Waals surface area (Å²) in [6.07, 6.45) is 5.16. The van der Waals surface area contributed by atoms with Crippen LogP contribution in [-0.2, 0) is 11.3 Å². The van der Waals surface area contributed by atoms with Crippen molar-refractivity contribution in [1.29, 1.82) is 0 Å². The van der Waals surface area contributed by atoms with Crippen molar-refractivity contribution in [3.05, 3.63) is 16.1 Å². The maximum absolute atomic E-state index is 12.4. The molecule has 1 spiro atoms. The maximum Gasteiger partial charge on any atom is 0.185 e. The van der Waals surface area contributed by atoms with Crippen molar-refractivity contribution in [3.8, 4) is 0 Å². The lowest BCUT2D eigenvalue weighted by molar-refractivity contribution is -0.137. The van der Waals surface area contributed by atoms with Gasteiger partial charge in [0, 0.05) is 24.4 Å². The third-order valence-electron chi connectivity index (χ3n) is 4.11. The van der Waals surface area contributed by atoms with Gasteiger partial charge in [-0.1, -0.05) is 0 Å². The second-order valence-electron chi connectivity index (χ2n) is 5.27. The smallest absolute Gasteiger partial charge is 0.185 e. The van der Waals surface area contributed by atoms with E-state index in [9.17, 15) is 4.79 Å². The number of hydrogen-bond acceptors (Lipinski definition) is 5. The predicted octanol–water partition coefficient (Wildman–Crippen LogP) is 2.13. The molecule has 0 aromatic carbocycles. The summed E-state index contributed by atoms with van der Waals surface area (Å²) in [5.74, 6) is 0.271. The summed E-state index contributed by atoms with van der Waals surface area (Å²) in [5.41, 5.74) is 6.15. The fraction of sp³-hybridized carbons (Fsp3) is 0.692. The van der Waals surface area contributed by atoms with Crippen molar-refractivity contribution in [2.24, 2.45) is 11.7 Å². The monoisotopic (exact) mass is 266 g/mol. The lowest BCUT2D eigenvalue weighted by Crippen LogP contribution is -2.47. The highest BCUT2D eigenvalue weighted by Crippen LogP contribution is 2.44. The van der Waals surface area contributed by atoms with Crippen LogP contribution >= 0.6 is 11.3 Å². The van der Waals surface area contributed by atoms with Gasteiger partial charge in [0.2, 0.25) is 0 Å². The van der Waals surface area contributed by atoms with Crippen molar-refractivity contribution in [1.82, 2.24) is 4.98 Å². The van der Waals surface area contributed by atoms with E-state index in [0.29, 0.717) is 18.8 Å². The largest absolute Gasteiger partial charge is 0.375 e. The third kappa shape index (κ3) is 2.11. The molecule has 18 heavy (non-hydrogen) atoms. The van der Waals surface area contributed by atoms with E-state index < -0.39 is 0 Å². The van der Waals surface area contributed by atoms with Crippen molar-refractivity contribution in [3.63, 3.8) is 0 Å². The zero-order chi connectivity index (χ0) is 12.6. The van der Waals surface area contributed by atoms with Gasteiger partial charge in [-0.2, -0.15) is 0 Å². The minimum atomic E-state index is 0.0191. The van der Waals surface area contributed by atoms with Gasteiger partial charge < -0.3 is 10.5 Å². The van der Waals surface area contributed by atoms with E-state index in [4.69, 9.17) is 10.5 Å². The molecule has 2 heterocycles. The van der Waals surface area contributed by atoms with Gasteiger partial charge in [-0.05, 0) is 32.1 Å². The Kier molecular flexibility index (Phi) is 3.21. The molecule has 2 aliphatic rings. The molecule has 98 valence electrons. The molecular weight excluding hydrogens is 248 g/mol. The van der Waals surface area contributed by atoms with Crippen LogP contribution < -0.4 is 5.73 Å². The Morgan fingerprint density at radius 2 is 2.44 bits per heavy atom. The second kappa shape index (κ2) is 4.72. The van der Waals surface area contributed by atoms with Gasteiger partial charge >= 0.3 is 0 Å². The first-order chi connectivity index (χ1) is 8.72. The molecule has 0 radical (unpaired) electrons. The van der Waals surface area contributed by atoms with Crippen LogP contribution in [0.1, 0.15) is 47.6 Å². The van der Waals surface area contributed by atoms with E-state index in [1.165, 1.54) is 17.8 Å². The number of nitrogens with two attached hydrogens (primary N) is 1. The van der Waals surface area contributed by atoms with Crippen LogP contribution in [0.2, 0.25) is 0 Å². The average Bonchev–Trinajstić information content (AvgIpc) is 2.85. The predicted molar refractivity (Wildman–Crippen MR) is 69.6 cm³/mol. The van der Waals surface area contributed by atoms with E-state index in [1.54, 1.807) is 0 Å². The Morgan fingerprint density at radius 1 is 1.61 bits per heavy atom. The Bertz CT molecular complexity index is 454. The van der Waals surface area contributed by atoms with E-state index in [1.807, 2.05) is 5.38 Å². The molecule has 2 N–H and O–H groups in total. The first kappa shape index (κ1) is 12.3. The summed E-state index contributed by atoms with van der Waals surface area (Å²) in [6, 6.07) is 0. The topological polar surface area (TPSA) is 65.2 Å². The van der Waals surface area contributed by atoms with Crippen LogP contribution in [0.15, 0.2) is 5.38 Å². The highest BCUT2D eigenvalue weighted by molar-refractivity contribution is 7.09. The van der Waals surface area contributed by atoms with Crippen molar-refractivity contribution in [2.75, 3.05) is 6.61 Å². The van der Waals surface area contributed by atoms with E-state index in [0.717, 1.165) is 30.7 Å². The fourth-order valence-electron chi connectivity index (χ4n) is 2.90. The van der Waals surface area contributed by atoms with Crippen LogP contribution in [0.25, 0.3) is 0 Å². The maximum atomic E-state index is 12.4. The summed E-state index contributed by atoms with van der Waals surface area (Å²) >= 11 is 1.47. The van der Waals surface area contributed by atoms with Crippen LogP contribution in [-0.4, -0.2) is 23.0 Å². The molecule has 2 fully saturated rings. The first-order valence-corrected chi connectivity index (χ1v) is 7.43. The van der Waals surface area contributed by atoms with Gasteiger partial charge in [0.1, 0.15) is 10.7 Å². The van der Waals surface area contributed by atoms with Crippen molar-refractivity contribution >= 4 is 17.1 Å². The van der Waals surface area contributed by atoms with Gasteiger partial charge in [-0.15, -0.1) is 11.3 Å². The zero-order valence-electron chi connectivity index (χ0n) is 10.4. The minimum Gasteiger partial charge on any atom is -0.375 e. The summed E-state index contributed by atoms with van der Waals surface area (Å²) in [4.78, 5) is 16.7. The number of Topliss-reactive ketones (excluding diaryl/α,β-unsaturated/α-hetero) is 1. The Morgan fingerprint density at radius 3 is 3.06 bits per heavy atom. The third-order valence-corrected chi connectivity index (χ3v) is 4.98. The zero-order valence-corrected chi connectivity index (χ0v) is 11.2. The van der Waals surface area contributed by atoms with Crippen LogP contribution in [0.5, 0.6) is 0 Å². The number of nitrogens with zero attached hydrogens (tertiary/aromatic N) is 1. The molecule has 0 amide bonds. The molecule has 5 heteroatoms. The molecule has 1 aromatic heterocycles. The average molecular weight is 266 g/mol. The van der Waals surface area contributed by atoms with Crippen molar-refractivity contribution in [2.45, 2.75) is 44.2 Å². The number of carbonyl (C=O) groups is 1. The highest BCUT2D eigenvalue weighted by Gasteiger charge is 2.44. The first-order valence-electron chi connectivity index (χ1n) is 6.55. The van der Waals surface area contributed by atoms with E-state index >= 15 is 0 Å². The molecule has 4 nitrogen and oxygen atoms in total. The fourth-order valence-corrected chi connectivity index (χ4v) is 3.56. The molecular formula is C13H18N2O2S. The highest BCUT2D eigenvalue weighted by atomic mass is 32.1. The number of hydrogen-bond donors (Lipinski definition) is 1. The Balaban J connectivity index is 1.71. The number of carbonyl (C=O) groups excluding carboxylic acids is 1. The summed E-state index contributed by atoms with van der Waals surface area (Å²) in [6.45, 7) is 1.12. The molecule has 0 bridgehead atoms. The SMILES string of the molecule is NCc1nc(C(=O)C2CCOC3(CCC3)C2)cs1. The molecule has 1 aliphatic heterocycles. The van der Waals surface area contributed by atoms with E-state index in [2.05, 4.69) is 4.98 Å². The number of aromatic nitrogens is 1. The number of ketones is 1. The summed E-state index contributed by atoms with van der Waals surface area (Å²) < 4.78 is 5.85. The van der Waals surface area contributed by atoms with E-state index in [-0.39, 0.29) is 17.3 Å². The van der Waals surface area contributed by atoms with Gasteiger partial charge in [-0.25, -0.2) is 4.98 Å². The van der Waals surface area contributed by atoms with Gasteiger partial charge in [-0.3, -0.25) is 4.79 Å². The van der Waals surface area contributed by atoms with Crippen LogP contribution in [0, 0.1) is 5.92 Å². The Labute approximate surface area is 111 Å². The van der Waals surface area contributed by atoms with Gasteiger partial charge in [0.25, 0.3) is 0 Å². The minimum absolute atomic E-state index is 0.0191. The lowest BCUT2D eigenvalue weighted by Gasteiger charge is -2.46. The molecule has 3 rings (SSSR count). The standard InChI is InChI=1S/C13H18N2O2S/c14-7-11-15-10(8-18-11)12(16)9-2-5-17-13(6-9)3-1-4-13/h8-9H,1-7,14H2. The van der Waals surface area contributed by atoms with Gasteiger partial charge in [0.05, 0.1) is 5.60 Å². The number of thiazole rings is 1. The van der Waals surface area contributed by atoms with Gasteiger partial charge in [0.15, 0.2) is 5.78 Å². The molecule has 1 saturated heterocycles. The molecule has 1 aromatic rings. The summed E-state index contributed by atoms with van der Waals surface area (Å²) in [5, 5.41) is 2.68. The normalized spacial score (nSPS) is 25.9. The molecule has 1 unspecified atom stereocenters. The van der Waals surface area contributed by atoms with Crippen LogP contribution in [0.4, 0.5) is 0 Å². The molecule has 1 saturated carbocycles. The molecule has 1 aliphatic carbocycles. The quantitative estimate of drug-likeness (QED) is 0.851. The Hall–Kier alpha value is -0.780. The lowest BCUT2D eigenvalue weighted by atomic mass is 9.71. The van der Waals surface area contributed by atoms with Crippen molar-refractivity contribution < 1.29 is 9.53 Å². The summed E-state index contributed by atoms with van der Waals surface area (Å²) in [7, 11) is 0. The van der Waals surface area contributed by atoms with Crippen LogP contribution in [0.3, 0.4) is 0 Å².